The predicted molar refractivity (Wildman–Crippen MR) is 72.8 cm³/mol. The lowest BCUT2D eigenvalue weighted by Crippen LogP contribution is -2.33. The number of ether oxygens (including phenoxy) is 1. The Hall–Kier alpha value is -1.69. The van der Waals surface area contributed by atoms with Crippen molar-refractivity contribution < 1.29 is 18.3 Å². The number of rotatable bonds is 4. The standard InChI is InChI=1S/C15H18F2N2O2/c1-8-7-11(8)19-13(18-9(2)14(19)20)10-5-3-4-6-12(10)21-15(16)17/h3-6,8-9,11,13,15,18H,7H2,1-2H3. The molecule has 1 aromatic rings. The number of hydrogen-bond donors (Lipinski definition) is 1. The summed E-state index contributed by atoms with van der Waals surface area (Å²) in [4.78, 5) is 14.1. The maximum Gasteiger partial charge on any atom is 0.387 e. The van der Waals surface area contributed by atoms with Crippen LogP contribution < -0.4 is 10.1 Å². The molecule has 3 rings (SSSR count). The third-order valence-electron chi connectivity index (χ3n) is 4.16. The van der Waals surface area contributed by atoms with Gasteiger partial charge in [0, 0.05) is 11.6 Å². The zero-order valence-electron chi connectivity index (χ0n) is 11.9. The summed E-state index contributed by atoms with van der Waals surface area (Å²) in [7, 11) is 0. The smallest absolute Gasteiger partial charge is 0.387 e. The summed E-state index contributed by atoms with van der Waals surface area (Å²) in [5.41, 5.74) is 0.578. The molecular weight excluding hydrogens is 278 g/mol. The van der Waals surface area contributed by atoms with E-state index in [-0.39, 0.29) is 23.7 Å². The fourth-order valence-electron chi connectivity index (χ4n) is 2.93. The second-order valence-corrected chi connectivity index (χ2v) is 5.73. The lowest BCUT2D eigenvalue weighted by molar-refractivity contribution is -0.130. The van der Waals surface area contributed by atoms with Crippen molar-refractivity contribution in [3.63, 3.8) is 0 Å². The number of hydrogen-bond acceptors (Lipinski definition) is 3. The van der Waals surface area contributed by atoms with Crippen molar-refractivity contribution in [2.45, 2.75) is 45.1 Å². The lowest BCUT2D eigenvalue weighted by atomic mass is 10.1. The summed E-state index contributed by atoms with van der Waals surface area (Å²) >= 11 is 0. The topological polar surface area (TPSA) is 41.6 Å². The van der Waals surface area contributed by atoms with Crippen molar-refractivity contribution >= 4 is 5.91 Å². The van der Waals surface area contributed by atoms with Crippen LogP contribution in [0.15, 0.2) is 24.3 Å². The van der Waals surface area contributed by atoms with Gasteiger partial charge in [0.1, 0.15) is 11.9 Å². The minimum Gasteiger partial charge on any atom is -0.434 e. The summed E-state index contributed by atoms with van der Waals surface area (Å²) < 4.78 is 29.7. The van der Waals surface area contributed by atoms with Crippen LogP contribution in [0.4, 0.5) is 8.78 Å². The van der Waals surface area contributed by atoms with Gasteiger partial charge >= 0.3 is 6.61 Å². The molecule has 4 unspecified atom stereocenters. The highest BCUT2D eigenvalue weighted by Crippen LogP contribution is 2.43. The molecule has 0 bridgehead atoms. The predicted octanol–water partition coefficient (Wildman–Crippen LogP) is 2.52. The molecule has 1 amide bonds. The molecule has 0 aromatic heterocycles. The van der Waals surface area contributed by atoms with Crippen LogP contribution in [0.1, 0.15) is 32.0 Å². The fraction of sp³-hybridized carbons (Fsp3) is 0.533. The van der Waals surface area contributed by atoms with E-state index >= 15 is 0 Å². The van der Waals surface area contributed by atoms with Gasteiger partial charge in [-0.1, -0.05) is 25.1 Å². The molecule has 1 saturated heterocycles. The van der Waals surface area contributed by atoms with Gasteiger partial charge in [-0.05, 0) is 25.3 Å². The maximum absolute atomic E-state index is 12.5. The Kier molecular flexibility index (Phi) is 3.57. The molecule has 2 aliphatic rings. The molecule has 1 aliphatic heterocycles. The summed E-state index contributed by atoms with van der Waals surface area (Å²) in [6.45, 7) is 0.993. The summed E-state index contributed by atoms with van der Waals surface area (Å²) in [6, 6.07) is 6.50. The molecular formula is C15H18F2N2O2. The number of alkyl halides is 2. The average Bonchev–Trinajstić information content (AvgIpc) is 3.06. The van der Waals surface area contributed by atoms with E-state index in [2.05, 4.69) is 17.0 Å². The van der Waals surface area contributed by atoms with Gasteiger partial charge in [0.25, 0.3) is 0 Å². The van der Waals surface area contributed by atoms with E-state index in [0.29, 0.717) is 11.5 Å². The fourth-order valence-corrected chi connectivity index (χ4v) is 2.93. The number of carbonyl (C=O) groups excluding carboxylic acids is 1. The van der Waals surface area contributed by atoms with Crippen LogP contribution in [0.5, 0.6) is 5.75 Å². The first-order valence-corrected chi connectivity index (χ1v) is 7.11. The molecule has 0 radical (unpaired) electrons. The van der Waals surface area contributed by atoms with E-state index in [4.69, 9.17) is 0 Å². The van der Waals surface area contributed by atoms with Crippen LogP contribution >= 0.6 is 0 Å². The Morgan fingerprint density at radius 3 is 2.62 bits per heavy atom. The minimum absolute atomic E-state index is 0.0150. The Balaban J connectivity index is 1.93. The zero-order valence-corrected chi connectivity index (χ0v) is 11.9. The van der Waals surface area contributed by atoms with Crippen LogP contribution in [0.25, 0.3) is 0 Å². The number of nitrogens with one attached hydrogen (secondary N) is 1. The molecule has 1 aromatic carbocycles. The van der Waals surface area contributed by atoms with Crippen molar-refractivity contribution in [2.75, 3.05) is 0 Å². The SMILES string of the molecule is CC1NC(c2ccccc2OC(F)F)N(C2CC2C)C1=O. The molecule has 21 heavy (non-hydrogen) atoms. The molecule has 114 valence electrons. The summed E-state index contributed by atoms with van der Waals surface area (Å²) in [5.74, 6) is 0.582. The highest BCUT2D eigenvalue weighted by molar-refractivity contribution is 5.85. The average molecular weight is 296 g/mol. The highest BCUT2D eigenvalue weighted by atomic mass is 19.3. The molecule has 1 saturated carbocycles. The van der Waals surface area contributed by atoms with E-state index in [1.165, 1.54) is 6.07 Å². The first kappa shape index (κ1) is 14.3. The molecule has 4 atom stereocenters. The van der Waals surface area contributed by atoms with E-state index in [0.717, 1.165) is 6.42 Å². The highest BCUT2D eigenvalue weighted by Gasteiger charge is 2.49. The minimum atomic E-state index is -2.88. The van der Waals surface area contributed by atoms with Gasteiger partial charge in [-0.2, -0.15) is 8.78 Å². The summed E-state index contributed by atoms with van der Waals surface area (Å²) in [6.07, 6.45) is 0.548. The summed E-state index contributed by atoms with van der Waals surface area (Å²) in [5, 5.41) is 3.18. The van der Waals surface area contributed by atoms with Crippen LogP contribution in [0.3, 0.4) is 0 Å². The largest absolute Gasteiger partial charge is 0.434 e. The van der Waals surface area contributed by atoms with Gasteiger partial charge in [-0.25, -0.2) is 0 Å². The number of para-hydroxylation sites is 1. The molecule has 1 N–H and O–H groups in total. The zero-order chi connectivity index (χ0) is 15.1. The van der Waals surface area contributed by atoms with Crippen molar-refractivity contribution in [3.8, 4) is 5.75 Å². The number of benzene rings is 1. The third kappa shape index (κ3) is 2.60. The number of halogens is 2. The number of nitrogens with zero attached hydrogens (tertiary/aromatic N) is 1. The van der Waals surface area contributed by atoms with Gasteiger partial charge in [-0.3, -0.25) is 10.1 Å². The van der Waals surface area contributed by atoms with Crippen molar-refractivity contribution in [1.82, 2.24) is 10.2 Å². The lowest BCUT2D eigenvalue weighted by Gasteiger charge is -2.26. The number of amides is 1. The third-order valence-corrected chi connectivity index (χ3v) is 4.16. The van der Waals surface area contributed by atoms with Gasteiger partial charge in [0.05, 0.1) is 6.04 Å². The second-order valence-electron chi connectivity index (χ2n) is 5.73. The Morgan fingerprint density at radius 1 is 1.33 bits per heavy atom. The Bertz CT molecular complexity index is 552. The molecule has 1 aliphatic carbocycles. The van der Waals surface area contributed by atoms with Crippen LogP contribution in [0.2, 0.25) is 0 Å². The van der Waals surface area contributed by atoms with Crippen molar-refractivity contribution in [3.05, 3.63) is 29.8 Å². The maximum atomic E-state index is 12.5. The van der Waals surface area contributed by atoms with Gasteiger partial charge in [0.15, 0.2) is 0 Å². The quantitative estimate of drug-likeness (QED) is 0.928. The first-order valence-electron chi connectivity index (χ1n) is 7.11. The molecule has 1 heterocycles. The van der Waals surface area contributed by atoms with Crippen LogP contribution in [-0.4, -0.2) is 29.5 Å². The van der Waals surface area contributed by atoms with Gasteiger partial charge in [-0.15, -0.1) is 0 Å². The van der Waals surface area contributed by atoms with Crippen molar-refractivity contribution in [1.29, 1.82) is 0 Å². The second kappa shape index (κ2) is 5.26. The number of carbonyl (C=O) groups is 1. The van der Waals surface area contributed by atoms with E-state index < -0.39 is 12.8 Å². The first-order chi connectivity index (χ1) is 9.99. The monoisotopic (exact) mass is 296 g/mol. The van der Waals surface area contributed by atoms with E-state index in [9.17, 15) is 13.6 Å². The molecule has 0 spiro atoms. The van der Waals surface area contributed by atoms with E-state index in [1.54, 1.807) is 30.0 Å². The van der Waals surface area contributed by atoms with Gasteiger partial charge < -0.3 is 9.64 Å². The van der Waals surface area contributed by atoms with E-state index in [1.807, 2.05) is 0 Å². The van der Waals surface area contributed by atoms with Crippen LogP contribution in [0, 0.1) is 5.92 Å². The Morgan fingerprint density at radius 2 is 2.00 bits per heavy atom. The normalized spacial score (nSPS) is 31.9. The van der Waals surface area contributed by atoms with Crippen molar-refractivity contribution in [2.24, 2.45) is 5.92 Å². The molecule has 4 nitrogen and oxygen atoms in total. The Labute approximate surface area is 122 Å². The molecule has 6 heteroatoms. The molecule has 2 fully saturated rings. The van der Waals surface area contributed by atoms with Gasteiger partial charge in [0.2, 0.25) is 5.91 Å². The van der Waals surface area contributed by atoms with Crippen LogP contribution in [-0.2, 0) is 4.79 Å².